The van der Waals surface area contributed by atoms with Gasteiger partial charge in [-0.3, -0.25) is 0 Å². The van der Waals surface area contributed by atoms with Crippen molar-refractivity contribution in [1.29, 1.82) is 0 Å². The average Bonchev–Trinajstić information content (AvgIpc) is 2.23. The minimum atomic E-state index is 0. The van der Waals surface area contributed by atoms with Gasteiger partial charge in [-0.25, -0.2) is 0 Å². The number of hydrogen-bond donors (Lipinski definition) is 0. The summed E-state index contributed by atoms with van der Waals surface area (Å²) in [5, 5.41) is 54.0. The third kappa shape index (κ3) is 806. The molecule has 0 N–H and O–H groups in total. The van der Waals surface area contributed by atoms with E-state index in [9.17, 15) is 0 Å². The van der Waals surface area contributed by atoms with E-state index >= 15 is 0 Å². The van der Waals surface area contributed by atoms with Crippen LogP contribution in [0.1, 0.15) is 0 Å². The van der Waals surface area contributed by atoms with Crippen molar-refractivity contribution >= 4 is 45.6 Å². The van der Waals surface area contributed by atoms with Gasteiger partial charge in [0.1, 0.15) is 0 Å². The van der Waals surface area contributed by atoms with E-state index in [-0.39, 0.29) is 45.6 Å². The molecule has 0 aliphatic heterocycles. The van der Waals surface area contributed by atoms with Crippen LogP contribution in [0.15, 0.2) is 32.0 Å². The Kier molecular flexibility index (Phi) is 731. The first-order valence-corrected chi connectivity index (χ1v) is 2.19. The van der Waals surface area contributed by atoms with E-state index in [4.69, 9.17) is 60.7 Å². The smallest absolute Gasteiger partial charge is 0.444 e. The Labute approximate surface area is 138 Å². The van der Waals surface area contributed by atoms with Gasteiger partial charge in [0.15, 0.2) is 0 Å². The third-order valence-electron chi connectivity index (χ3n) is 0. The molecule has 0 spiro atoms. The second-order valence-electron chi connectivity index (χ2n) is 0.447. The molecule has 20 heteroatoms. The van der Waals surface area contributed by atoms with Crippen LogP contribution in [-0.2, 0) is 0 Å². The SMILES string of the molecule is O=N[O-].O=N[O-].O=N[O-].O=N[O-].O=N[O-].O=N[O-].[Ga+3].[In+3]. The summed E-state index contributed by atoms with van der Waals surface area (Å²) in [6, 6.07) is 0. The fourth-order valence-corrected chi connectivity index (χ4v) is 0. The van der Waals surface area contributed by atoms with Crippen LogP contribution in [0.5, 0.6) is 0 Å². The number of hydrogen-bond acceptors (Lipinski definition) is 18. The Hall–Kier alpha value is -2.09. The largest absolute Gasteiger partial charge is 3.00 e. The number of nitrogens with zero attached hydrogens (tertiary/aromatic N) is 6. The maximum absolute atomic E-state index is 8.00. The van der Waals surface area contributed by atoms with Gasteiger partial charge in [-0.05, 0) is 0 Å². The van der Waals surface area contributed by atoms with Crippen molar-refractivity contribution in [2.24, 2.45) is 32.0 Å². The van der Waals surface area contributed by atoms with Crippen LogP contribution < -0.4 is 0 Å². The maximum atomic E-state index is 8.00. The van der Waals surface area contributed by atoms with E-state index in [1.807, 2.05) is 0 Å². The molecule has 0 bridgehead atoms. The van der Waals surface area contributed by atoms with E-state index < -0.39 is 0 Å². The van der Waals surface area contributed by atoms with E-state index in [2.05, 4.69) is 0 Å². The molecule has 0 aromatic carbocycles. The van der Waals surface area contributed by atoms with Crippen molar-refractivity contribution in [2.45, 2.75) is 0 Å². The molecule has 18 nitrogen and oxygen atoms in total. The molecule has 108 valence electrons. The first-order chi connectivity index (χ1) is 8.49. The van der Waals surface area contributed by atoms with Gasteiger partial charge in [0.2, 0.25) is 0 Å². The molecule has 0 aromatic rings. The van der Waals surface area contributed by atoms with Crippen LogP contribution in [-0.4, -0.2) is 45.6 Å². The van der Waals surface area contributed by atoms with Gasteiger partial charge in [-0.15, -0.1) is 32.0 Å². The van der Waals surface area contributed by atoms with Gasteiger partial charge in [0.25, 0.3) is 0 Å². The van der Waals surface area contributed by atoms with Crippen molar-refractivity contribution in [3.8, 4) is 0 Å². The molecule has 0 unspecified atom stereocenters. The monoisotopic (exact) mass is 460 g/mol. The second kappa shape index (κ2) is 280. The molecular weight excluding hydrogens is 461 g/mol. The van der Waals surface area contributed by atoms with Crippen molar-refractivity contribution in [3.05, 3.63) is 60.7 Å². The summed E-state index contributed by atoms with van der Waals surface area (Å²) in [4.78, 5) is 48.0. The van der Waals surface area contributed by atoms with Gasteiger partial charge in [-0.2, -0.15) is 0 Å². The van der Waals surface area contributed by atoms with E-state index in [0.29, 0.717) is 0 Å². The summed E-state index contributed by atoms with van der Waals surface area (Å²) in [5.41, 5.74) is 0. The van der Waals surface area contributed by atoms with Crippen molar-refractivity contribution < 1.29 is 0 Å². The summed E-state index contributed by atoms with van der Waals surface area (Å²) >= 11 is 0. The van der Waals surface area contributed by atoms with Crippen molar-refractivity contribution in [3.63, 3.8) is 0 Å². The minimum absolute atomic E-state index is 0. The molecule has 0 heterocycles. The van der Waals surface area contributed by atoms with Gasteiger partial charge in [0.05, 0.1) is 0 Å². The molecule has 0 fully saturated rings. The Morgan fingerprint density at radius 1 is 0.400 bits per heavy atom. The van der Waals surface area contributed by atoms with Crippen LogP contribution in [0, 0.1) is 60.7 Å². The zero-order valence-electron chi connectivity index (χ0n) is 8.74. The standard InChI is InChI=1S/Ga.In.6HNO2/c;;6*2-1-3/h;;6*(H,2,3)/q2*+3;;;;;;/p-6. The van der Waals surface area contributed by atoms with Crippen LogP contribution in [0.3, 0.4) is 0 Å². The number of rotatable bonds is 0. The average molecular weight is 461 g/mol. The van der Waals surface area contributed by atoms with Gasteiger partial charge in [0, 0.05) is 0 Å². The maximum Gasteiger partial charge on any atom is 3.00 e. The topological polar surface area (TPSA) is 315 Å². The Balaban J connectivity index is -0.0000000141. The van der Waals surface area contributed by atoms with Crippen molar-refractivity contribution in [2.75, 3.05) is 0 Å². The molecule has 0 radical (unpaired) electrons. The van der Waals surface area contributed by atoms with Crippen LogP contribution in [0.2, 0.25) is 0 Å². The zero-order chi connectivity index (χ0) is 16.2. The molecule has 0 aliphatic rings. The molecule has 0 atom stereocenters. The van der Waals surface area contributed by atoms with Crippen LogP contribution >= 0.6 is 0 Å². The summed E-state index contributed by atoms with van der Waals surface area (Å²) in [6.07, 6.45) is 0. The molecule has 0 aromatic heterocycles. The molecule has 0 aliphatic carbocycles. The van der Waals surface area contributed by atoms with E-state index in [1.54, 1.807) is 0 Å². The van der Waals surface area contributed by atoms with Gasteiger partial charge in [-0.1, -0.05) is 0 Å². The fourth-order valence-electron chi connectivity index (χ4n) is 0. The molecule has 0 rings (SSSR count). The Morgan fingerprint density at radius 3 is 0.400 bits per heavy atom. The summed E-state index contributed by atoms with van der Waals surface area (Å²) < 4.78 is 0. The Bertz CT molecular complexity index is 119. The van der Waals surface area contributed by atoms with Crippen molar-refractivity contribution in [1.82, 2.24) is 0 Å². The fraction of sp³-hybridized carbons (Fsp3) is 0. The molecule has 0 saturated carbocycles. The van der Waals surface area contributed by atoms with E-state index in [0.717, 1.165) is 32.0 Å². The third-order valence-corrected chi connectivity index (χ3v) is 0. The minimum Gasteiger partial charge on any atom is -0.444 e. The predicted molar refractivity (Wildman–Crippen MR) is 66.5 cm³/mol. The zero-order valence-corrected chi connectivity index (χ0v) is 14.5. The Morgan fingerprint density at radius 2 is 0.400 bits per heavy atom. The summed E-state index contributed by atoms with van der Waals surface area (Å²) in [5.74, 6) is 0. The molecule has 0 saturated heterocycles. The van der Waals surface area contributed by atoms with Crippen LogP contribution in [0.4, 0.5) is 0 Å². The summed E-state index contributed by atoms with van der Waals surface area (Å²) in [7, 11) is 0. The van der Waals surface area contributed by atoms with Gasteiger partial charge < -0.3 is 60.7 Å². The van der Waals surface area contributed by atoms with Crippen LogP contribution in [0.25, 0.3) is 0 Å². The second-order valence-corrected chi connectivity index (χ2v) is 0.447. The molecule has 20 heavy (non-hydrogen) atoms. The van der Waals surface area contributed by atoms with E-state index in [1.165, 1.54) is 0 Å². The van der Waals surface area contributed by atoms with Gasteiger partial charge >= 0.3 is 45.6 Å². The molecule has 0 amide bonds. The predicted octanol–water partition coefficient (Wildman–Crippen LogP) is 0.742. The summed E-state index contributed by atoms with van der Waals surface area (Å²) in [6.45, 7) is 0. The first kappa shape index (κ1) is 52.2. The quantitative estimate of drug-likeness (QED) is 0.274. The first-order valence-electron chi connectivity index (χ1n) is 2.19. The molecular formula is GaInN6O12. The normalized spacial score (nSPS) is 3.60.